The summed E-state index contributed by atoms with van der Waals surface area (Å²) < 4.78 is 17.7. The van der Waals surface area contributed by atoms with Crippen LogP contribution in [0, 0.1) is 15.5 Å². The zero-order valence-corrected chi connectivity index (χ0v) is 29.0. The molecule has 0 radical (unpaired) electrons. The number of likely N-dealkylation sites (tertiary alicyclic amines) is 1. The molecular weight excluding hydrogens is 618 g/mol. The highest BCUT2D eigenvalue weighted by molar-refractivity contribution is 5.99. The second-order valence-electron chi connectivity index (χ2n) is 12.8. The molecule has 2 unspecified atom stereocenters. The van der Waals surface area contributed by atoms with E-state index in [-0.39, 0.29) is 41.8 Å². The van der Waals surface area contributed by atoms with E-state index in [0.717, 1.165) is 11.1 Å². The van der Waals surface area contributed by atoms with Crippen LogP contribution in [0.4, 0.5) is 22.2 Å². The van der Waals surface area contributed by atoms with Crippen LogP contribution in [0.5, 0.6) is 0 Å². The highest BCUT2D eigenvalue weighted by Gasteiger charge is 2.72. The van der Waals surface area contributed by atoms with Crippen LogP contribution in [0.2, 0.25) is 0 Å². The van der Waals surface area contributed by atoms with Crippen molar-refractivity contribution in [2.24, 2.45) is 5.41 Å². The van der Waals surface area contributed by atoms with Crippen molar-refractivity contribution in [1.82, 2.24) is 9.88 Å². The number of ether oxygens (including phenoxy) is 1. The lowest BCUT2D eigenvalue weighted by molar-refractivity contribution is -0.384. The number of carbonyl (C=O) groups excluding carboxylic acids is 2. The highest BCUT2D eigenvalue weighted by Crippen LogP contribution is 2.64. The molecule has 2 aliphatic rings. The summed E-state index contributed by atoms with van der Waals surface area (Å²) in [5.41, 5.74) is 0.902. The van der Waals surface area contributed by atoms with Crippen LogP contribution >= 0.6 is 0 Å². The Morgan fingerprint density at radius 1 is 1.00 bits per heavy atom. The molecule has 0 N–H and O–H groups in total. The van der Waals surface area contributed by atoms with Gasteiger partial charge < -0.3 is 18.5 Å². The lowest BCUT2D eigenvalue weighted by Gasteiger charge is -2.69. The minimum Gasteiger partial charge on any atom is -0.452 e. The summed E-state index contributed by atoms with van der Waals surface area (Å²) in [5.74, 6) is -0.340. The normalized spacial score (nSPS) is 21.1. The predicted molar refractivity (Wildman–Crippen MR) is 178 cm³/mol. The largest absolute Gasteiger partial charge is 0.452 e. The number of benzene rings is 3. The molecule has 0 saturated carbocycles. The van der Waals surface area contributed by atoms with Gasteiger partial charge in [-0.1, -0.05) is 81.4 Å². The topological polar surface area (TPSA) is 131 Å². The van der Waals surface area contributed by atoms with Crippen LogP contribution in [0.15, 0.2) is 95.6 Å². The van der Waals surface area contributed by atoms with E-state index in [1.807, 2.05) is 41.3 Å². The Labute approximate surface area is 275 Å². The van der Waals surface area contributed by atoms with Crippen LogP contribution in [0.1, 0.15) is 42.4 Å². The van der Waals surface area contributed by atoms with Crippen molar-refractivity contribution >= 4 is 39.9 Å². The average molecular weight is 656 g/mol. The Bertz CT molecular complexity index is 1770. The number of rotatable bonds is 8. The van der Waals surface area contributed by atoms with Crippen LogP contribution in [0.25, 0.3) is 0 Å². The van der Waals surface area contributed by atoms with Gasteiger partial charge in [0.1, 0.15) is 16.7 Å². The fraction of sp³-hybridized carbons (Fsp3) is 0.324. The quantitative estimate of drug-likeness (QED) is 0.151. The molecular formula is C34H37N5O7Si. The van der Waals surface area contributed by atoms with Crippen molar-refractivity contribution in [1.29, 1.82) is 0 Å². The van der Waals surface area contributed by atoms with Gasteiger partial charge in [-0.3, -0.25) is 24.7 Å². The molecule has 0 bridgehead atoms. The molecule has 2 fully saturated rings. The number of carbonyl (C=O) groups is 2. The van der Waals surface area contributed by atoms with Gasteiger partial charge in [0.2, 0.25) is 0 Å². The summed E-state index contributed by atoms with van der Waals surface area (Å²) in [6, 6.07) is 25.9. The van der Waals surface area contributed by atoms with Gasteiger partial charge in [-0.05, 0) is 23.1 Å². The summed E-state index contributed by atoms with van der Waals surface area (Å²) in [6.07, 6.45) is 0.737. The molecule has 3 heterocycles. The van der Waals surface area contributed by atoms with E-state index in [1.165, 1.54) is 42.5 Å². The Morgan fingerprint density at radius 3 is 2.13 bits per heavy atom. The number of anilines is 2. The van der Waals surface area contributed by atoms with E-state index in [4.69, 9.17) is 13.6 Å². The van der Waals surface area contributed by atoms with Gasteiger partial charge in [-0.15, -0.1) is 0 Å². The molecule has 2 atom stereocenters. The van der Waals surface area contributed by atoms with E-state index in [9.17, 15) is 19.7 Å². The zero-order chi connectivity index (χ0) is 33.6. The van der Waals surface area contributed by atoms with Crippen molar-refractivity contribution in [3.05, 3.63) is 118 Å². The smallest absolute Gasteiger partial charge is 0.414 e. The lowest BCUT2D eigenvalue weighted by atomic mass is 9.50. The minimum atomic E-state index is -0.946. The summed E-state index contributed by atoms with van der Waals surface area (Å²) in [7, 11) is 1.68. The molecule has 0 aliphatic carbocycles. The maximum atomic E-state index is 13.6. The van der Waals surface area contributed by atoms with E-state index < -0.39 is 28.2 Å². The zero-order valence-electron chi connectivity index (χ0n) is 27.0. The van der Waals surface area contributed by atoms with E-state index >= 15 is 0 Å². The van der Waals surface area contributed by atoms with Gasteiger partial charge in [0.15, 0.2) is 11.4 Å². The predicted octanol–water partition coefficient (Wildman–Crippen LogP) is 4.63. The van der Waals surface area contributed by atoms with Gasteiger partial charge in [0.05, 0.1) is 23.5 Å². The molecule has 3 aromatic carbocycles. The maximum absolute atomic E-state index is 13.6. The number of methoxy groups -OCH3 is 1. The number of aromatic nitrogens is 1. The monoisotopic (exact) mass is 655 g/mol. The molecule has 0 spiro atoms. The van der Waals surface area contributed by atoms with Gasteiger partial charge >= 0.3 is 12.1 Å². The molecule has 13 heteroatoms. The third-order valence-corrected chi connectivity index (χ3v) is 10.1. The third kappa shape index (κ3) is 4.97. The fourth-order valence-corrected chi connectivity index (χ4v) is 7.99. The van der Waals surface area contributed by atoms with Crippen molar-refractivity contribution in [3.63, 3.8) is 0 Å². The standard InChI is InChI=1S/C34H37N5O7Si/c1-32(2,3)33(23-11-7-5-8-12-23)22-37(34(33,46-47)24-13-9-6-10-14-24)30-35-28(21-45-30)29(40)36-19-27(20-36)38(31(41)44-4)25-15-17-26(18-16-25)39(42)43/h5-18,21,27H,19-20,22H2,1-4,47H3. The number of oxazole rings is 1. The van der Waals surface area contributed by atoms with E-state index in [0.29, 0.717) is 22.7 Å². The lowest BCUT2D eigenvalue weighted by Crippen LogP contribution is -2.80. The second kappa shape index (κ2) is 12.0. The summed E-state index contributed by atoms with van der Waals surface area (Å²) in [6.45, 7) is 7.63. The molecule has 2 saturated heterocycles. The van der Waals surface area contributed by atoms with Crippen molar-refractivity contribution < 1.29 is 28.1 Å². The van der Waals surface area contributed by atoms with Crippen LogP contribution in [-0.2, 0) is 20.3 Å². The van der Waals surface area contributed by atoms with Crippen LogP contribution < -0.4 is 9.80 Å². The van der Waals surface area contributed by atoms with Gasteiger partial charge in [-0.25, -0.2) is 4.79 Å². The van der Waals surface area contributed by atoms with Crippen molar-refractivity contribution in [2.75, 3.05) is 36.5 Å². The number of hydrogen-bond acceptors (Lipinski definition) is 9. The van der Waals surface area contributed by atoms with E-state index in [1.54, 1.807) is 4.90 Å². The Hall–Kier alpha value is -5.01. The second-order valence-corrected chi connectivity index (χ2v) is 13.2. The summed E-state index contributed by atoms with van der Waals surface area (Å²) in [4.78, 5) is 46.5. The molecule has 2 amide bonds. The molecule has 4 aromatic rings. The Kier molecular flexibility index (Phi) is 8.14. The number of nitrogens with zero attached hydrogens (tertiary/aromatic N) is 5. The Morgan fingerprint density at radius 2 is 1.60 bits per heavy atom. The summed E-state index contributed by atoms with van der Waals surface area (Å²) >= 11 is 0. The molecule has 244 valence electrons. The number of nitro benzene ring substituents is 1. The maximum Gasteiger partial charge on any atom is 0.414 e. The first-order chi connectivity index (χ1) is 22.5. The Balaban J connectivity index is 1.27. The highest BCUT2D eigenvalue weighted by atomic mass is 28.2. The number of nitro groups is 1. The molecule has 2 aliphatic heterocycles. The SMILES string of the molecule is COC(=O)N(c1ccc([N+](=O)[O-])cc1)C1CN(C(=O)c2coc(N3CC(c4ccccc4)(C(C)(C)C)C3(O[SiH3])c3ccccc3)n2)C1. The van der Waals surface area contributed by atoms with Crippen LogP contribution in [0.3, 0.4) is 0 Å². The first kappa shape index (κ1) is 31.9. The van der Waals surface area contributed by atoms with Gasteiger partial charge in [0, 0.05) is 43.0 Å². The number of amides is 2. The van der Waals surface area contributed by atoms with E-state index in [2.05, 4.69) is 50.0 Å². The molecule has 6 rings (SSSR count). The fourth-order valence-electron chi connectivity index (χ4n) is 7.19. The third-order valence-electron chi connectivity index (χ3n) is 9.53. The number of hydrogen-bond donors (Lipinski definition) is 0. The van der Waals surface area contributed by atoms with Crippen molar-refractivity contribution in [2.45, 2.75) is 38.0 Å². The first-order valence-corrected chi connectivity index (χ1v) is 16.1. The molecule has 1 aromatic heterocycles. The van der Waals surface area contributed by atoms with Gasteiger partial charge in [-0.2, -0.15) is 4.98 Å². The number of non-ortho nitro benzene ring substituents is 1. The summed E-state index contributed by atoms with van der Waals surface area (Å²) in [5, 5.41) is 11.1. The minimum absolute atomic E-state index is 0.0939. The molecule has 12 nitrogen and oxygen atoms in total. The van der Waals surface area contributed by atoms with Crippen molar-refractivity contribution in [3.8, 4) is 0 Å². The average Bonchev–Trinajstić information content (AvgIpc) is 3.52. The van der Waals surface area contributed by atoms with Crippen LogP contribution in [-0.4, -0.2) is 70.1 Å². The van der Waals surface area contributed by atoms with Gasteiger partial charge in [0.25, 0.3) is 11.6 Å². The first-order valence-electron chi connectivity index (χ1n) is 15.3. The molecule has 47 heavy (non-hydrogen) atoms.